The molecule has 0 bridgehead atoms. The predicted molar refractivity (Wildman–Crippen MR) is 87.4 cm³/mol. The molecule has 0 unspecified atom stereocenters. The minimum absolute atomic E-state index is 0.0693. The molecule has 7 nitrogen and oxygen atoms in total. The summed E-state index contributed by atoms with van der Waals surface area (Å²) in [4.78, 5) is 29.5. The summed E-state index contributed by atoms with van der Waals surface area (Å²) in [5.41, 5.74) is 0.463. The summed E-state index contributed by atoms with van der Waals surface area (Å²) >= 11 is 0. The minimum atomic E-state index is -0.392. The molecular formula is C17H24N4O3. The van der Waals surface area contributed by atoms with E-state index in [0.29, 0.717) is 32.8 Å². The zero-order valence-corrected chi connectivity index (χ0v) is 14.1. The quantitative estimate of drug-likeness (QED) is 0.803. The molecule has 1 spiro atoms. The lowest BCUT2D eigenvalue weighted by Crippen LogP contribution is -2.41. The summed E-state index contributed by atoms with van der Waals surface area (Å²) in [7, 11) is 1.85. The van der Waals surface area contributed by atoms with Gasteiger partial charge in [-0.05, 0) is 25.7 Å². The molecule has 7 heteroatoms. The van der Waals surface area contributed by atoms with Crippen LogP contribution in [0.2, 0.25) is 0 Å². The summed E-state index contributed by atoms with van der Waals surface area (Å²) in [6.45, 7) is 3.32. The van der Waals surface area contributed by atoms with Gasteiger partial charge in [0.15, 0.2) is 0 Å². The SMILES string of the molecule is Cn1cc(N2CC[C@]3(CCN(C(=O)C4CCOCC4)C3)C2=O)cn1. The summed E-state index contributed by atoms with van der Waals surface area (Å²) in [5.74, 6) is 0.431. The van der Waals surface area contributed by atoms with Crippen LogP contribution in [0, 0.1) is 11.3 Å². The predicted octanol–water partition coefficient (Wildman–Crippen LogP) is 0.802. The van der Waals surface area contributed by atoms with Crippen LogP contribution in [0.4, 0.5) is 5.69 Å². The normalized spacial score (nSPS) is 28.3. The molecule has 4 rings (SSSR count). The lowest BCUT2D eigenvalue weighted by Gasteiger charge is -2.28. The van der Waals surface area contributed by atoms with Gasteiger partial charge in [-0.25, -0.2) is 0 Å². The molecule has 3 fully saturated rings. The fourth-order valence-corrected chi connectivity index (χ4v) is 4.26. The van der Waals surface area contributed by atoms with Crippen molar-refractivity contribution in [2.75, 3.05) is 37.7 Å². The molecule has 0 aromatic carbocycles. The van der Waals surface area contributed by atoms with Crippen LogP contribution in [-0.2, 0) is 21.4 Å². The highest BCUT2D eigenvalue weighted by atomic mass is 16.5. The van der Waals surface area contributed by atoms with Crippen LogP contribution in [0.3, 0.4) is 0 Å². The molecule has 3 saturated heterocycles. The van der Waals surface area contributed by atoms with E-state index in [2.05, 4.69) is 5.10 Å². The van der Waals surface area contributed by atoms with Crippen LogP contribution >= 0.6 is 0 Å². The monoisotopic (exact) mass is 332 g/mol. The van der Waals surface area contributed by atoms with Gasteiger partial charge in [0.1, 0.15) is 0 Å². The van der Waals surface area contributed by atoms with Gasteiger partial charge in [0.25, 0.3) is 0 Å². The Bertz CT molecular complexity index is 652. The van der Waals surface area contributed by atoms with Crippen LogP contribution in [-0.4, -0.2) is 59.3 Å². The zero-order valence-electron chi connectivity index (χ0n) is 14.1. The molecule has 0 saturated carbocycles. The van der Waals surface area contributed by atoms with Gasteiger partial charge >= 0.3 is 0 Å². The number of rotatable bonds is 2. The highest BCUT2D eigenvalue weighted by Crippen LogP contribution is 2.42. The van der Waals surface area contributed by atoms with Crippen LogP contribution < -0.4 is 4.90 Å². The van der Waals surface area contributed by atoms with Gasteiger partial charge in [-0.3, -0.25) is 14.3 Å². The third kappa shape index (κ3) is 2.51. The van der Waals surface area contributed by atoms with Crippen molar-refractivity contribution in [1.29, 1.82) is 0 Å². The van der Waals surface area contributed by atoms with Crippen molar-refractivity contribution in [2.45, 2.75) is 25.7 Å². The van der Waals surface area contributed by atoms with E-state index in [1.54, 1.807) is 10.9 Å². The summed E-state index contributed by atoms with van der Waals surface area (Å²) in [5, 5.41) is 4.16. The Balaban J connectivity index is 1.45. The minimum Gasteiger partial charge on any atom is -0.381 e. The number of nitrogens with zero attached hydrogens (tertiary/aromatic N) is 4. The van der Waals surface area contributed by atoms with Crippen LogP contribution in [0.25, 0.3) is 0 Å². The molecule has 0 radical (unpaired) electrons. The number of amides is 2. The molecule has 2 amide bonds. The molecule has 24 heavy (non-hydrogen) atoms. The van der Waals surface area contributed by atoms with Crippen molar-refractivity contribution in [3.05, 3.63) is 12.4 Å². The van der Waals surface area contributed by atoms with Crippen molar-refractivity contribution >= 4 is 17.5 Å². The molecular weight excluding hydrogens is 308 g/mol. The standard InChI is InChI=1S/C17H24N4O3/c1-19-11-14(10-18-19)21-7-5-17(16(21)23)4-6-20(12-17)15(22)13-2-8-24-9-3-13/h10-11,13H,2-9,12H2,1H3/t17-/m0/s1. The molecule has 4 heterocycles. The van der Waals surface area contributed by atoms with E-state index in [1.165, 1.54) is 0 Å². The number of ether oxygens (including phenoxy) is 1. The first kappa shape index (κ1) is 15.6. The van der Waals surface area contributed by atoms with Crippen molar-refractivity contribution < 1.29 is 14.3 Å². The van der Waals surface area contributed by atoms with E-state index in [1.807, 2.05) is 23.0 Å². The average molecular weight is 332 g/mol. The number of hydrogen-bond acceptors (Lipinski definition) is 4. The Morgan fingerprint density at radius 3 is 2.75 bits per heavy atom. The van der Waals surface area contributed by atoms with Crippen LogP contribution in [0.5, 0.6) is 0 Å². The Morgan fingerprint density at radius 2 is 2.04 bits per heavy atom. The fraction of sp³-hybridized carbons (Fsp3) is 0.706. The van der Waals surface area contributed by atoms with Crippen molar-refractivity contribution in [1.82, 2.24) is 14.7 Å². The lowest BCUT2D eigenvalue weighted by atomic mass is 9.85. The first-order valence-corrected chi connectivity index (χ1v) is 8.76. The molecule has 3 aliphatic heterocycles. The van der Waals surface area contributed by atoms with E-state index < -0.39 is 5.41 Å². The highest BCUT2D eigenvalue weighted by Gasteiger charge is 2.52. The lowest BCUT2D eigenvalue weighted by molar-refractivity contribution is -0.138. The number of likely N-dealkylation sites (tertiary alicyclic amines) is 1. The molecule has 130 valence electrons. The van der Waals surface area contributed by atoms with Gasteiger partial charge in [-0.2, -0.15) is 5.10 Å². The number of anilines is 1. The van der Waals surface area contributed by atoms with Crippen LogP contribution in [0.1, 0.15) is 25.7 Å². The smallest absolute Gasteiger partial charge is 0.235 e. The average Bonchev–Trinajstić information content (AvgIpc) is 3.30. The maximum atomic E-state index is 13.0. The number of hydrogen-bond donors (Lipinski definition) is 0. The number of aryl methyl sites for hydroxylation is 1. The van der Waals surface area contributed by atoms with E-state index in [-0.39, 0.29) is 17.7 Å². The van der Waals surface area contributed by atoms with Gasteiger partial charge in [0.05, 0.1) is 17.3 Å². The second-order valence-corrected chi connectivity index (χ2v) is 7.26. The molecule has 3 aliphatic rings. The second kappa shape index (κ2) is 5.88. The number of aromatic nitrogens is 2. The van der Waals surface area contributed by atoms with Crippen molar-refractivity contribution in [3.8, 4) is 0 Å². The van der Waals surface area contributed by atoms with E-state index in [9.17, 15) is 9.59 Å². The largest absolute Gasteiger partial charge is 0.381 e. The molecule has 1 aromatic heterocycles. The maximum absolute atomic E-state index is 13.0. The van der Waals surface area contributed by atoms with Crippen molar-refractivity contribution in [2.24, 2.45) is 18.4 Å². The van der Waals surface area contributed by atoms with Gasteiger partial charge in [-0.1, -0.05) is 0 Å². The summed E-state index contributed by atoms with van der Waals surface area (Å²) in [6.07, 6.45) is 6.81. The molecule has 0 aliphatic carbocycles. The highest BCUT2D eigenvalue weighted by molar-refractivity contribution is 6.00. The Hall–Kier alpha value is -1.89. The van der Waals surface area contributed by atoms with Gasteiger partial charge in [0.2, 0.25) is 11.8 Å². The van der Waals surface area contributed by atoms with E-state index in [0.717, 1.165) is 31.4 Å². The first-order chi connectivity index (χ1) is 11.6. The third-order valence-electron chi connectivity index (χ3n) is 5.75. The van der Waals surface area contributed by atoms with Crippen molar-refractivity contribution in [3.63, 3.8) is 0 Å². The summed E-state index contributed by atoms with van der Waals surface area (Å²) in [6, 6.07) is 0. The topological polar surface area (TPSA) is 67.7 Å². The first-order valence-electron chi connectivity index (χ1n) is 8.76. The molecule has 1 atom stereocenters. The molecule has 0 N–H and O–H groups in total. The van der Waals surface area contributed by atoms with Crippen LogP contribution in [0.15, 0.2) is 12.4 Å². The third-order valence-corrected chi connectivity index (χ3v) is 5.75. The summed E-state index contributed by atoms with van der Waals surface area (Å²) < 4.78 is 7.06. The van der Waals surface area contributed by atoms with Gasteiger partial charge < -0.3 is 14.5 Å². The van der Waals surface area contributed by atoms with E-state index in [4.69, 9.17) is 4.74 Å². The molecule has 1 aromatic rings. The van der Waals surface area contributed by atoms with Gasteiger partial charge in [-0.15, -0.1) is 0 Å². The Labute approximate surface area is 141 Å². The number of carbonyl (C=O) groups excluding carboxylic acids is 2. The Kier molecular flexibility index (Phi) is 3.83. The second-order valence-electron chi connectivity index (χ2n) is 7.26. The Morgan fingerprint density at radius 1 is 1.29 bits per heavy atom. The zero-order chi connectivity index (χ0) is 16.7. The fourth-order valence-electron chi connectivity index (χ4n) is 4.26. The number of carbonyl (C=O) groups is 2. The maximum Gasteiger partial charge on any atom is 0.235 e. The van der Waals surface area contributed by atoms with E-state index >= 15 is 0 Å². The van der Waals surface area contributed by atoms with Gasteiger partial charge in [0, 0.05) is 52.0 Å².